The first-order valence-electron chi connectivity index (χ1n) is 4.52. The Labute approximate surface area is 76.5 Å². The summed E-state index contributed by atoms with van der Waals surface area (Å²) in [6.07, 6.45) is 4.51. The third kappa shape index (κ3) is 1.94. The lowest BCUT2D eigenvalue weighted by atomic mass is 9.96. The normalized spacial score (nSPS) is 22.0. The number of hydrogen-bond acceptors (Lipinski definition) is 4. The summed E-state index contributed by atoms with van der Waals surface area (Å²) in [4.78, 5) is 11.3. The number of esters is 1. The van der Waals surface area contributed by atoms with Crippen molar-refractivity contribution in [3.63, 3.8) is 0 Å². The molecule has 13 heavy (non-hydrogen) atoms. The van der Waals surface area contributed by atoms with Crippen molar-refractivity contribution in [1.82, 2.24) is 0 Å². The van der Waals surface area contributed by atoms with Crippen LogP contribution in [0.3, 0.4) is 0 Å². The Morgan fingerprint density at radius 3 is 2.85 bits per heavy atom. The molecule has 0 N–H and O–H groups in total. The van der Waals surface area contributed by atoms with Gasteiger partial charge in [-0.05, 0) is 19.3 Å². The predicted octanol–water partition coefficient (Wildman–Crippen LogP) is 0.970. The lowest BCUT2D eigenvalue weighted by Gasteiger charge is -2.25. The standard InChI is InChI=1S/C9H12O4/c10-9(13-7-2-1-3-7)8-6-11-4-5-12-8/h6-7H,1-5H2. The molecule has 1 saturated carbocycles. The van der Waals surface area contributed by atoms with E-state index in [0.717, 1.165) is 19.3 Å². The number of carbonyl (C=O) groups excluding carboxylic acids is 1. The fourth-order valence-corrected chi connectivity index (χ4v) is 1.17. The van der Waals surface area contributed by atoms with Gasteiger partial charge in [-0.3, -0.25) is 0 Å². The number of rotatable bonds is 2. The SMILES string of the molecule is O=C(OC1CCC1)C1=COCCO1. The third-order valence-electron chi connectivity index (χ3n) is 2.18. The van der Waals surface area contributed by atoms with Gasteiger partial charge in [0, 0.05) is 0 Å². The summed E-state index contributed by atoms with van der Waals surface area (Å²) in [5, 5.41) is 0. The molecule has 0 radical (unpaired) electrons. The molecule has 0 saturated heterocycles. The van der Waals surface area contributed by atoms with E-state index >= 15 is 0 Å². The monoisotopic (exact) mass is 184 g/mol. The largest absolute Gasteiger partial charge is 0.493 e. The van der Waals surface area contributed by atoms with E-state index in [0.29, 0.717) is 13.2 Å². The van der Waals surface area contributed by atoms with Crippen LogP contribution >= 0.6 is 0 Å². The van der Waals surface area contributed by atoms with Crippen LogP contribution < -0.4 is 0 Å². The lowest BCUT2D eigenvalue weighted by Crippen LogP contribution is -2.27. The van der Waals surface area contributed by atoms with Crippen molar-refractivity contribution in [2.75, 3.05) is 13.2 Å². The second-order valence-corrected chi connectivity index (χ2v) is 3.16. The van der Waals surface area contributed by atoms with Gasteiger partial charge >= 0.3 is 5.97 Å². The second kappa shape index (κ2) is 3.68. The minimum atomic E-state index is -0.399. The molecule has 0 aromatic heterocycles. The Morgan fingerprint density at radius 1 is 1.46 bits per heavy atom. The molecule has 1 fully saturated rings. The fourth-order valence-electron chi connectivity index (χ4n) is 1.17. The van der Waals surface area contributed by atoms with Crippen LogP contribution in [0.15, 0.2) is 12.0 Å². The first kappa shape index (κ1) is 8.41. The zero-order valence-corrected chi connectivity index (χ0v) is 7.32. The van der Waals surface area contributed by atoms with Crippen LogP contribution in [0.2, 0.25) is 0 Å². The Kier molecular flexibility index (Phi) is 2.38. The lowest BCUT2D eigenvalue weighted by molar-refractivity contribution is -0.153. The van der Waals surface area contributed by atoms with Crippen LogP contribution in [0.1, 0.15) is 19.3 Å². The Morgan fingerprint density at radius 2 is 2.31 bits per heavy atom. The number of carbonyl (C=O) groups is 1. The van der Waals surface area contributed by atoms with Crippen molar-refractivity contribution in [2.45, 2.75) is 25.4 Å². The molecule has 2 rings (SSSR count). The molecule has 0 aromatic rings. The molecule has 2 aliphatic rings. The predicted molar refractivity (Wildman–Crippen MR) is 43.7 cm³/mol. The van der Waals surface area contributed by atoms with Gasteiger partial charge in [-0.1, -0.05) is 0 Å². The van der Waals surface area contributed by atoms with Gasteiger partial charge in [-0.2, -0.15) is 0 Å². The zero-order chi connectivity index (χ0) is 9.10. The maximum Gasteiger partial charge on any atom is 0.377 e. The molecule has 1 aliphatic heterocycles. The first-order chi connectivity index (χ1) is 6.36. The molecule has 1 aliphatic carbocycles. The van der Waals surface area contributed by atoms with Crippen LogP contribution in [-0.4, -0.2) is 25.3 Å². The molecule has 4 nitrogen and oxygen atoms in total. The van der Waals surface area contributed by atoms with Crippen molar-refractivity contribution in [2.24, 2.45) is 0 Å². The van der Waals surface area contributed by atoms with Crippen LogP contribution in [0.5, 0.6) is 0 Å². The van der Waals surface area contributed by atoms with E-state index < -0.39 is 5.97 Å². The van der Waals surface area contributed by atoms with Crippen molar-refractivity contribution in [3.8, 4) is 0 Å². The molecular formula is C9H12O4. The van der Waals surface area contributed by atoms with E-state index in [9.17, 15) is 4.79 Å². The summed E-state index contributed by atoms with van der Waals surface area (Å²) in [7, 11) is 0. The first-order valence-corrected chi connectivity index (χ1v) is 4.52. The summed E-state index contributed by atoms with van der Waals surface area (Å²) in [5.74, 6) is -0.206. The van der Waals surface area contributed by atoms with Gasteiger partial charge in [0.25, 0.3) is 0 Å². The molecule has 0 amide bonds. The molecule has 0 bridgehead atoms. The van der Waals surface area contributed by atoms with E-state index in [-0.39, 0.29) is 11.9 Å². The summed E-state index contributed by atoms with van der Waals surface area (Å²) in [6, 6.07) is 0. The van der Waals surface area contributed by atoms with E-state index in [4.69, 9.17) is 14.2 Å². The topological polar surface area (TPSA) is 44.8 Å². The summed E-state index contributed by atoms with van der Waals surface area (Å²) >= 11 is 0. The number of hydrogen-bond donors (Lipinski definition) is 0. The van der Waals surface area contributed by atoms with Gasteiger partial charge in [-0.15, -0.1) is 0 Å². The Hall–Kier alpha value is -1.19. The summed E-state index contributed by atoms with van der Waals surface area (Å²) in [6.45, 7) is 0.922. The van der Waals surface area contributed by atoms with E-state index in [1.807, 2.05) is 0 Å². The highest BCUT2D eigenvalue weighted by Crippen LogP contribution is 2.23. The van der Waals surface area contributed by atoms with Gasteiger partial charge in [0.2, 0.25) is 5.76 Å². The van der Waals surface area contributed by atoms with Gasteiger partial charge in [-0.25, -0.2) is 4.79 Å². The third-order valence-corrected chi connectivity index (χ3v) is 2.18. The Balaban J connectivity index is 1.84. The van der Waals surface area contributed by atoms with Crippen molar-refractivity contribution < 1.29 is 19.0 Å². The zero-order valence-electron chi connectivity index (χ0n) is 7.32. The van der Waals surface area contributed by atoms with E-state index in [2.05, 4.69) is 0 Å². The van der Waals surface area contributed by atoms with Gasteiger partial charge in [0.1, 0.15) is 25.6 Å². The number of ether oxygens (including phenoxy) is 3. The highest BCUT2D eigenvalue weighted by molar-refractivity contribution is 5.86. The summed E-state index contributed by atoms with van der Waals surface area (Å²) in [5.41, 5.74) is 0. The molecule has 1 heterocycles. The van der Waals surface area contributed by atoms with Crippen molar-refractivity contribution >= 4 is 5.97 Å². The fraction of sp³-hybridized carbons (Fsp3) is 0.667. The molecule has 0 atom stereocenters. The van der Waals surface area contributed by atoms with Gasteiger partial charge in [0.15, 0.2) is 0 Å². The average molecular weight is 184 g/mol. The van der Waals surface area contributed by atoms with Crippen molar-refractivity contribution in [1.29, 1.82) is 0 Å². The van der Waals surface area contributed by atoms with Gasteiger partial charge < -0.3 is 14.2 Å². The minimum Gasteiger partial charge on any atom is -0.493 e. The smallest absolute Gasteiger partial charge is 0.377 e. The summed E-state index contributed by atoms with van der Waals surface area (Å²) < 4.78 is 15.1. The highest BCUT2D eigenvalue weighted by atomic mass is 16.6. The van der Waals surface area contributed by atoms with Crippen molar-refractivity contribution in [3.05, 3.63) is 12.0 Å². The van der Waals surface area contributed by atoms with Crippen LogP contribution in [0, 0.1) is 0 Å². The quantitative estimate of drug-likeness (QED) is 0.600. The Bertz CT molecular complexity index is 230. The molecule has 4 heteroatoms. The maximum absolute atomic E-state index is 11.3. The molecule has 0 aromatic carbocycles. The van der Waals surface area contributed by atoms with Crippen LogP contribution in [0.25, 0.3) is 0 Å². The average Bonchev–Trinajstić information content (AvgIpc) is 2.12. The van der Waals surface area contributed by atoms with E-state index in [1.54, 1.807) is 0 Å². The molecule has 0 unspecified atom stereocenters. The van der Waals surface area contributed by atoms with Gasteiger partial charge in [0.05, 0.1) is 0 Å². The highest BCUT2D eigenvalue weighted by Gasteiger charge is 2.25. The second-order valence-electron chi connectivity index (χ2n) is 3.16. The van der Waals surface area contributed by atoms with Crippen LogP contribution in [0.4, 0.5) is 0 Å². The molecular weight excluding hydrogens is 172 g/mol. The molecule has 0 spiro atoms. The minimum absolute atomic E-state index is 0.0962. The maximum atomic E-state index is 11.3. The molecule has 72 valence electrons. The van der Waals surface area contributed by atoms with E-state index in [1.165, 1.54) is 6.26 Å². The van der Waals surface area contributed by atoms with Crippen LogP contribution in [-0.2, 0) is 19.0 Å².